The zero-order valence-electron chi connectivity index (χ0n) is 15.4. The van der Waals surface area contributed by atoms with Crippen molar-refractivity contribution >= 4 is 16.9 Å². The van der Waals surface area contributed by atoms with Gasteiger partial charge >= 0.3 is 0 Å². The third kappa shape index (κ3) is 3.90. The second-order valence-corrected chi connectivity index (χ2v) is 6.85. The van der Waals surface area contributed by atoms with Crippen LogP contribution in [-0.2, 0) is 4.74 Å². The smallest absolute Gasteiger partial charge is 0.191 e. The highest BCUT2D eigenvalue weighted by Gasteiger charge is 2.33. The largest absolute Gasteiger partial charge is 0.490 e. The number of ether oxygens (including phenoxy) is 2. The molecule has 0 spiro atoms. The van der Waals surface area contributed by atoms with Crippen LogP contribution >= 0.6 is 0 Å². The Labute approximate surface area is 148 Å². The molecule has 25 heavy (non-hydrogen) atoms. The summed E-state index contributed by atoms with van der Waals surface area (Å²) >= 11 is 0. The Kier molecular flexibility index (Phi) is 5.18. The number of rotatable bonds is 6. The van der Waals surface area contributed by atoms with Crippen LogP contribution < -0.4 is 15.4 Å². The van der Waals surface area contributed by atoms with Crippen molar-refractivity contribution in [2.45, 2.75) is 26.8 Å². The maximum absolute atomic E-state index is 6.05. The van der Waals surface area contributed by atoms with Crippen LogP contribution in [0.5, 0.6) is 5.75 Å². The molecule has 1 aliphatic heterocycles. The predicted molar refractivity (Wildman–Crippen MR) is 99.2 cm³/mol. The highest BCUT2D eigenvalue weighted by atomic mass is 16.5. The summed E-state index contributed by atoms with van der Waals surface area (Å²) in [4.78, 5) is 4.30. The van der Waals surface area contributed by atoms with E-state index in [0.717, 1.165) is 48.2 Å². The molecule has 1 fully saturated rings. The lowest BCUT2D eigenvalue weighted by atomic mass is 9.89. The summed E-state index contributed by atoms with van der Waals surface area (Å²) in [5.41, 5.74) is 0.974. The molecule has 1 atom stereocenters. The number of guanidine groups is 1. The molecule has 2 aromatic rings. The second-order valence-electron chi connectivity index (χ2n) is 6.85. The van der Waals surface area contributed by atoms with Crippen molar-refractivity contribution in [3.8, 4) is 5.75 Å². The number of benzene rings is 1. The number of para-hydroxylation sites is 1. The van der Waals surface area contributed by atoms with Crippen LogP contribution in [0, 0.1) is 5.41 Å². The first-order valence-corrected chi connectivity index (χ1v) is 8.75. The molecule has 6 heteroatoms. The third-order valence-electron chi connectivity index (χ3n) is 4.41. The van der Waals surface area contributed by atoms with Gasteiger partial charge in [0, 0.05) is 24.4 Å². The van der Waals surface area contributed by atoms with Gasteiger partial charge in [0.1, 0.15) is 5.76 Å². The molecule has 6 nitrogen and oxygen atoms in total. The summed E-state index contributed by atoms with van der Waals surface area (Å²) in [7, 11) is 1.77. The quantitative estimate of drug-likeness (QED) is 0.622. The van der Waals surface area contributed by atoms with Gasteiger partial charge in [0.2, 0.25) is 0 Å². The van der Waals surface area contributed by atoms with Gasteiger partial charge in [-0.05, 0) is 26.0 Å². The first-order valence-electron chi connectivity index (χ1n) is 8.75. The number of aliphatic imine (C=N–C) groups is 1. The Balaban J connectivity index is 1.68. The van der Waals surface area contributed by atoms with Crippen LogP contribution in [0.4, 0.5) is 0 Å². The van der Waals surface area contributed by atoms with Crippen molar-refractivity contribution in [3.05, 3.63) is 30.0 Å². The summed E-state index contributed by atoms with van der Waals surface area (Å²) in [6.45, 7) is 9.24. The molecule has 2 heterocycles. The normalized spacial score (nSPS) is 17.8. The molecule has 1 saturated heterocycles. The number of fused-ring (bicyclic) bond motifs is 1. The fourth-order valence-electron chi connectivity index (χ4n) is 2.86. The Morgan fingerprint density at radius 1 is 1.40 bits per heavy atom. The van der Waals surface area contributed by atoms with E-state index in [-0.39, 0.29) is 11.5 Å². The Morgan fingerprint density at radius 2 is 2.20 bits per heavy atom. The zero-order valence-corrected chi connectivity index (χ0v) is 15.4. The molecule has 0 saturated carbocycles. The maximum atomic E-state index is 6.05. The molecule has 3 rings (SSSR count). The van der Waals surface area contributed by atoms with Crippen molar-refractivity contribution < 1.29 is 13.9 Å². The Morgan fingerprint density at radius 3 is 2.84 bits per heavy atom. The van der Waals surface area contributed by atoms with E-state index in [1.54, 1.807) is 7.05 Å². The van der Waals surface area contributed by atoms with Gasteiger partial charge in [-0.3, -0.25) is 4.99 Å². The first-order chi connectivity index (χ1) is 12.0. The van der Waals surface area contributed by atoms with E-state index >= 15 is 0 Å². The van der Waals surface area contributed by atoms with Crippen LogP contribution in [-0.4, -0.2) is 39.4 Å². The van der Waals surface area contributed by atoms with Crippen molar-refractivity contribution in [2.24, 2.45) is 10.4 Å². The summed E-state index contributed by atoms with van der Waals surface area (Å²) in [6.07, 6.45) is 0. The Bertz CT molecular complexity index is 749. The predicted octanol–water partition coefficient (Wildman–Crippen LogP) is 3.09. The molecule has 0 amide bonds. The average molecular weight is 345 g/mol. The van der Waals surface area contributed by atoms with Gasteiger partial charge < -0.3 is 24.5 Å². The van der Waals surface area contributed by atoms with Crippen LogP contribution in [0.15, 0.2) is 33.7 Å². The van der Waals surface area contributed by atoms with E-state index in [9.17, 15) is 0 Å². The van der Waals surface area contributed by atoms with Crippen LogP contribution in [0.3, 0.4) is 0 Å². The molecule has 1 unspecified atom stereocenters. The minimum Gasteiger partial charge on any atom is -0.490 e. The van der Waals surface area contributed by atoms with Gasteiger partial charge in [0.25, 0.3) is 0 Å². The summed E-state index contributed by atoms with van der Waals surface area (Å²) < 4.78 is 17.0. The van der Waals surface area contributed by atoms with Gasteiger partial charge in [0.15, 0.2) is 17.3 Å². The number of hydrogen-bond donors (Lipinski definition) is 2. The number of nitrogens with one attached hydrogen (secondary N) is 2. The molecule has 1 aromatic heterocycles. The van der Waals surface area contributed by atoms with E-state index in [1.165, 1.54) is 0 Å². The molecule has 0 bridgehead atoms. The molecule has 1 aromatic carbocycles. The summed E-state index contributed by atoms with van der Waals surface area (Å²) in [5, 5.41) is 7.79. The molecule has 2 N–H and O–H groups in total. The maximum Gasteiger partial charge on any atom is 0.191 e. The second kappa shape index (κ2) is 7.35. The molecule has 0 aliphatic carbocycles. The summed E-state index contributed by atoms with van der Waals surface area (Å²) in [5.74, 6) is 2.38. The van der Waals surface area contributed by atoms with Crippen molar-refractivity contribution in [3.63, 3.8) is 0 Å². The topological polar surface area (TPSA) is 68.0 Å². The van der Waals surface area contributed by atoms with Gasteiger partial charge in [-0.15, -0.1) is 0 Å². The molecular weight excluding hydrogens is 318 g/mol. The lowest BCUT2D eigenvalue weighted by Crippen LogP contribution is -2.51. The number of nitrogens with zero attached hydrogens (tertiary/aromatic N) is 1. The SMILES string of the molecule is CCOc1cccc2cc(C(C)NC(=NC)NCC3(C)COC3)oc12. The lowest BCUT2D eigenvalue weighted by molar-refractivity contribution is -0.0971. The minimum absolute atomic E-state index is 0.0153. The van der Waals surface area contributed by atoms with E-state index in [2.05, 4.69) is 29.5 Å². The lowest BCUT2D eigenvalue weighted by Gasteiger charge is -2.38. The minimum atomic E-state index is -0.0153. The van der Waals surface area contributed by atoms with Gasteiger partial charge in [-0.25, -0.2) is 0 Å². The number of hydrogen-bond acceptors (Lipinski definition) is 4. The van der Waals surface area contributed by atoms with Gasteiger partial charge in [-0.1, -0.05) is 19.1 Å². The van der Waals surface area contributed by atoms with Gasteiger partial charge in [0.05, 0.1) is 25.9 Å². The zero-order chi connectivity index (χ0) is 17.9. The van der Waals surface area contributed by atoms with E-state index < -0.39 is 0 Å². The van der Waals surface area contributed by atoms with Crippen molar-refractivity contribution in [2.75, 3.05) is 33.4 Å². The van der Waals surface area contributed by atoms with Gasteiger partial charge in [-0.2, -0.15) is 0 Å². The summed E-state index contributed by atoms with van der Waals surface area (Å²) in [6, 6.07) is 7.97. The van der Waals surface area contributed by atoms with Crippen molar-refractivity contribution in [1.29, 1.82) is 0 Å². The third-order valence-corrected chi connectivity index (χ3v) is 4.41. The van der Waals surface area contributed by atoms with E-state index in [4.69, 9.17) is 13.9 Å². The average Bonchev–Trinajstić information content (AvgIpc) is 3.02. The molecule has 1 aliphatic rings. The van der Waals surface area contributed by atoms with Crippen molar-refractivity contribution in [1.82, 2.24) is 10.6 Å². The first kappa shape index (κ1) is 17.6. The molecular formula is C19H27N3O3. The highest BCUT2D eigenvalue weighted by molar-refractivity contribution is 5.84. The Hall–Kier alpha value is -2.21. The number of furan rings is 1. The fraction of sp³-hybridized carbons (Fsp3) is 0.526. The van der Waals surface area contributed by atoms with Crippen LogP contribution in [0.1, 0.15) is 32.6 Å². The molecule has 136 valence electrons. The van der Waals surface area contributed by atoms with E-state index in [0.29, 0.717) is 6.61 Å². The monoisotopic (exact) mass is 345 g/mol. The molecule has 0 radical (unpaired) electrons. The van der Waals surface area contributed by atoms with Crippen LogP contribution in [0.2, 0.25) is 0 Å². The standard InChI is InChI=1S/C19H27N3O3/c1-5-24-15-8-6-7-14-9-16(25-17(14)15)13(2)22-18(20-4)21-10-19(3)11-23-12-19/h6-9,13H,5,10-12H2,1-4H3,(H2,20,21,22). The highest BCUT2D eigenvalue weighted by Crippen LogP contribution is 2.31. The van der Waals surface area contributed by atoms with Crippen LogP contribution in [0.25, 0.3) is 11.0 Å². The van der Waals surface area contributed by atoms with E-state index in [1.807, 2.05) is 31.2 Å². The fourth-order valence-corrected chi connectivity index (χ4v) is 2.86.